The molecule has 3 aromatic rings. The zero-order valence-electron chi connectivity index (χ0n) is 15.5. The maximum atomic E-state index is 13.9. The Balaban J connectivity index is 1.77. The third-order valence-corrected chi connectivity index (χ3v) is 5.62. The highest BCUT2D eigenvalue weighted by Crippen LogP contribution is 2.29. The lowest BCUT2D eigenvalue weighted by Crippen LogP contribution is -2.28. The van der Waals surface area contributed by atoms with Crippen LogP contribution < -0.4 is 10.6 Å². The second-order valence-corrected chi connectivity index (χ2v) is 7.72. The number of carbonyl (C=O) groups is 2. The van der Waals surface area contributed by atoms with E-state index in [1.54, 1.807) is 19.1 Å². The van der Waals surface area contributed by atoms with Gasteiger partial charge in [0.25, 0.3) is 11.8 Å². The van der Waals surface area contributed by atoms with Gasteiger partial charge in [0.2, 0.25) is 0 Å². The second kappa shape index (κ2) is 9.03. The molecule has 0 saturated heterocycles. The van der Waals surface area contributed by atoms with Gasteiger partial charge in [0.05, 0.1) is 26.5 Å². The molecule has 2 amide bonds. The van der Waals surface area contributed by atoms with E-state index < -0.39 is 29.5 Å². The predicted molar refractivity (Wildman–Crippen MR) is 111 cm³/mol. The first kappa shape index (κ1) is 21.4. The van der Waals surface area contributed by atoms with Crippen molar-refractivity contribution in [3.63, 3.8) is 0 Å². The lowest BCUT2D eigenvalue weighted by molar-refractivity contribution is 0.0947. The van der Waals surface area contributed by atoms with E-state index in [2.05, 4.69) is 10.6 Å². The number of thiophene rings is 1. The van der Waals surface area contributed by atoms with Crippen LogP contribution in [0.3, 0.4) is 0 Å². The van der Waals surface area contributed by atoms with E-state index in [0.29, 0.717) is 10.6 Å². The monoisotopic (exact) mass is 445 g/mol. The van der Waals surface area contributed by atoms with Crippen molar-refractivity contribution in [1.82, 2.24) is 5.32 Å². The van der Waals surface area contributed by atoms with Crippen LogP contribution in [0.4, 0.5) is 13.8 Å². The molecule has 9 heteroatoms. The maximum absolute atomic E-state index is 13.9. The minimum Gasteiger partial charge on any atom is -0.332 e. The lowest BCUT2D eigenvalue weighted by Gasteiger charge is -2.12. The Bertz CT molecular complexity index is 1170. The number of nitrogens with one attached hydrogen (secondary N) is 2. The van der Waals surface area contributed by atoms with Crippen molar-refractivity contribution in [3.8, 4) is 6.07 Å². The summed E-state index contributed by atoms with van der Waals surface area (Å²) in [5.41, 5.74) is 0.699. The summed E-state index contributed by atoms with van der Waals surface area (Å²) in [5, 5.41) is 14.8. The third-order valence-electron chi connectivity index (χ3n) is 4.16. The summed E-state index contributed by atoms with van der Waals surface area (Å²) in [5.74, 6) is -2.30. The Morgan fingerprint density at radius 3 is 2.53 bits per heavy atom. The summed E-state index contributed by atoms with van der Waals surface area (Å²) < 4.78 is 27.1. The van der Waals surface area contributed by atoms with Crippen molar-refractivity contribution in [3.05, 3.63) is 86.8 Å². The maximum Gasteiger partial charge on any atom is 0.262 e. The zero-order chi connectivity index (χ0) is 21.8. The SMILES string of the molecule is Cc1cc(NC(=O)c2ccc(F)cc2Cl)sc1C(=O)NC(C#N)c1ccccc1F. The molecule has 5 nitrogen and oxygen atoms in total. The highest BCUT2D eigenvalue weighted by molar-refractivity contribution is 7.18. The Morgan fingerprint density at radius 2 is 1.87 bits per heavy atom. The van der Waals surface area contributed by atoms with Gasteiger partial charge in [-0.3, -0.25) is 9.59 Å². The van der Waals surface area contributed by atoms with Gasteiger partial charge in [-0.15, -0.1) is 11.3 Å². The third kappa shape index (κ3) is 4.64. The highest BCUT2D eigenvalue weighted by atomic mass is 35.5. The van der Waals surface area contributed by atoms with Crippen LogP contribution in [0.15, 0.2) is 48.5 Å². The van der Waals surface area contributed by atoms with E-state index in [4.69, 9.17) is 11.6 Å². The first-order valence-corrected chi connectivity index (χ1v) is 9.81. The molecule has 0 aliphatic heterocycles. The van der Waals surface area contributed by atoms with Crippen LogP contribution in [-0.4, -0.2) is 11.8 Å². The van der Waals surface area contributed by atoms with Crippen molar-refractivity contribution in [2.24, 2.45) is 0 Å². The number of nitriles is 1. The minimum atomic E-state index is -1.17. The molecule has 3 rings (SSSR count). The number of benzene rings is 2. The van der Waals surface area contributed by atoms with E-state index in [-0.39, 0.29) is 21.0 Å². The molecule has 152 valence electrons. The Morgan fingerprint density at radius 1 is 1.13 bits per heavy atom. The number of amides is 2. The summed E-state index contributed by atoms with van der Waals surface area (Å²) in [6.45, 7) is 1.66. The van der Waals surface area contributed by atoms with Crippen LogP contribution in [0, 0.1) is 29.9 Å². The zero-order valence-corrected chi connectivity index (χ0v) is 17.1. The molecule has 30 heavy (non-hydrogen) atoms. The van der Waals surface area contributed by atoms with Crippen molar-refractivity contribution >= 4 is 39.8 Å². The van der Waals surface area contributed by atoms with Gasteiger partial charge in [0, 0.05) is 5.56 Å². The molecular formula is C21H14ClF2N3O2S. The van der Waals surface area contributed by atoms with E-state index in [0.717, 1.165) is 23.5 Å². The summed E-state index contributed by atoms with van der Waals surface area (Å²) in [6, 6.07) is 11.4. The Hall–Kier alpha value is -3.28. The molecule has 1 heterocycles. The van der Waals surface area contributed by atoms with Crippen LogP contribution in [-0.2, 0) is 0 Å². The van der Waals surface area contributed by atoms with E-state index in [1.165, 1.54) is 24.3 Å². The number of aryl methyl sites for hydroxylation is 1. The molecule has 1 aromatic heterocycles. The number of nitrogens with zero attached hydrogens (tertiary/aromatic N) is 1. The number of halogens is 3. The molecule has 0 aliphatic rings. The largest absolute Gasteiger partial charge is 0.332 e. The molecule has 0 saturated carbocycles. The normalized spacial score (nSPS) is 11.4. The number of hydrogen-bond acceptors (Lipinski definition) is 4. The summed E-state index contributed by atoms with van der Waals surface area (Å²) >= 11 is 6.89. The van der Waals surface area contributed by atoms with Gasteiger partial charge in [-0.1, -0.05) is 29.8 Å². The first-order valence-electron chi connectivity index (χ1n) is 8.62. The fourth-order valence-electron chi connectivity index (χ4n) is 2.71. The predicted octanol–water partition coefficient (Wildman–Crippen LogP) is 5.24. The Kier molecular flexibility index (Phi) is 6.45. The average Bonchev–Trinajstić information content (AvgIpc) is 3.06. The minimum absolute atomic E-state index is 0.0412. The fraction of sp³-hybridized carbons (Fsp3) is 0.0952. The summed E-state index contributed by atoms with van der Waals surface area (Å²) in [6.07, 6.45) is 0. The topological polar surface area (TPSA) is 82.0 Å². The lowest BCUT2D eigenvalue weighted by atomic mass is 10.1. The van der Waals surface area contributed by atoms with Crippen molar-refractivity contribution in [1.29, 1.82) is 5.26 Å². The van der Waals surface area contributed by atoms with Crippen LogP contribution in [0.1, 0.15) is 37.2 Å². The molecule has 2 aromatic carbocycles. The van der Waals surface area contributed by atoms with Gasteiger partial charge in [0.15, 0.2) is 0 Å². The van der Waals surface area contributed by atoms with Gasteiger partial charge in [0.1, 0.15) is 17.7 Å². The fourth-order valence-corrected chi connectivity index (χ4v) is 3.93. The van der Waals surface area contributed by atoms with E-state index >= 15 is 0 Å². The van der Waals surface area contributed by atoms with Gasteiger partial charge < -0.3 is 10.6 Å². The summed E-state index contributed by atoms with van der Waals surface area (Å²) in [4.78, 5) is 25.3. The van der Waals surface area contributed by atoms with Crippen LogP contribution in [0.2, 0.25) is 5.02 Å². The quantitative estimate of drug-likeness (QED) is 0.563. The standard InChI is InChI=1S/C21H14ClF2N3O2S/c1-11-8-18(27-20(28)13-7-6-12(23)9-15(13)22)30-19(11)21(29)26-17(10-25)14-4-2-3-5-16(14)24/h2-9,17H,1H3,(H,26,29)(H,27,28). The molecule has 0 radical (unpaired) electrons. The Labute approximate surface area is 179 Å². The van der Waals surface area contributed by atoms with Gasteiger partial charge in [-0.05, 0) is 42.8 Å². The molecular weight excluding hydrogens is 432 g/mol. The van der Waals surface area contributed by atoms with Crippen LogP contribution >= 0.6 is 22.9 Å². The molecule has 0 aliphatic carbocycles. The van der Waals surface area contributed by atoms with Crippen LogP contribution in [0.25, 0.3) is 0 Å². The number of hydrogen-bond donors (Lipinski definition) is 2. The van der Waals surface area contributed by atoms with Crippen molar-refractivity contribution in [2.45, 2.75) is 13.0 Å². The molecule has 2 N–H and O–H groups in total. The van der Waals surface area contributed by atoms with E-state index in [1.807, 2.05) is 6.07 Å². The number of rotatable bonds is 5. The van der Waals surface area contributed by atoms with Crippen molar-refractivity contribution < 1.29 is 18.4 Å². The highest BCUT2D eigenvalue weighted by Gasteiger charge is 2.22. The number of anilines is 1. The number of carbonyl (C=O) groups excluding carboxylic acids is 2. The van der Waals surface area contributed by atoms with Gasteiger partial charge in [-0.25, -0.2) is 8.78 Å². The van der Waals surface area contributed by atoms with Gasteiger partial charge in [-0.2, -0.15) is 5.26 Å². The first-order chi connectivity index (χ1) is 14.3. The van der Waals surface area contributed by atoms with Gasteiger partial charge >= 0.3 is 0 Å². The molecule has 1 atom stereocenters. The average molecular weight is 446 g/mol. The van der Waals surface area contributed by atoms with Crippen LogP contribution in [0.5, 0.6) is 0 Å². The molecule has 0 fully saturated rings. The smallest absolute Gasteiger partial charge is 0.262 e. The molecule has 1 unspecified atom stereocenters. The molecule has 0 spiro atoms. The van der Waals surface area contributed by atoms with Crippen molar-refractivity contribution in [2.75, 3.05) is 5.32 Å². The van der Waals surface area contributed by atoms with E-state index in [9.17, 15) is 23.6 Å². The second-order valence-electron chi connectivity index (χ2n) is 6.26. The summed E-state index contributed by atoms with van der Waals surface area (Å²) in [7, 11) is 0. The molecule has 0 bridgehead atoms.